The molecule has 0 saturated carbocycles. The van der Waals surface area contributed by atoms with Gasteiger partial charge in [0.1, 0.15) is 12.1 Å². The summed E-state index contributed by atoms with van der Waals surface area (Å²) in [6.45, 7) is 3.77. The molecule has 1 aromatic carbocycles. The molecule has 0 aromatic heterocycles. The minimum atomic E-state index is -1.06. The first kappa shape index (κ1) is 17.8. The maximum absolute atomic E-state index is 12.9. The number of benzene rings is 1. The Morgan fingerprint density at radius 2 is 1.88 bits per heavy atom. The number of aliphatic carboxylic acids is 1. The Balaban J connectivity index is 2.30. The molecule has 1 aliphatic rings. The maximum Gasteiger partial charge on any atom is 0.407 e. The molecule has 1 heterocycles. The van der Waals surface area contributed by atoms with E-state index in [0.29, 0.717) is 0 Å². The Kier molecular flexibility index (Phi) is 5.43. The average Bonchev–Trinajstić information content (AvgIpc) is 2.57. The third kappa shape index (κ3) is 3.67. The summed E-state index contributed by atoms with van der Waals surface area (Å²) in [6.07, 6.45) is -0.466. The van der Waals surface area contributed by atoms with Gasteiger partial charge in [-0.2, -0.15) is 0 Å². The third-order valence-electron chi connectivity index (χ3n) is 4.21. The molecule has 1 aliphatic heterocycles. The van der Waals surface area contributed by atoms with E-state index in [1.165, 1.54) is 12.0 Å². The highest BCUT2D eigenvalue weighted by molar-refractivity contribution is 5.90. The molecule has 2 N–H and O–H groups in total. The lowest BCUT2D eigenvalue weighted by molar-refractivity contribution is -0.152. The molecule has 0 bridgehead atoms. The molecule has 2 atom stereocenters. The van der Waals surface area contributed by atoms with Gasteiger partial charge in [-0.15, -0.1) is 0 Å². The van der Waals surface area contributed by atoms with Gasteiger partial charge in [0.2, 0.25) is 5.91 Å². The lowest BCUT2D eigenvalue weighted by Gasteiger charge is -2.37. The summed E-state index contributed by atoms with van der Waals surface area (Å²) < 4.78 is 4.56. The molecule has 2 amide bonds. The Bertz CT molecular complexity index is 644. The van der Waals surface area contributed by atoms with Gasteiger partial charge in [0.05, 0.1) is 7.11 Å². The topological polar surface area (TPSA) is 95.9 Å². The molecule has 1 aromatic rings. The van der Waals surface area contributed by atoms with E-state index in [-0.39, 0.29) is 18.9 Å². The minimum absolute atomic E-state index is 0.205. The Hall–Kier alpha value is -2.57. The SMILES string of the molecule is COC(=O)N[C@H](C(=O)N1Cc2ccccc2CC1C(=O)O)C(C)C. The molecule has 1 unspecified atom stereocenters. The Morgan fingerprint density at radius 3 is 2.42 bits per heavy atom. The molecule has 0 fully saturated rings. The van der Waals surface area contributed by atoms with E-state index in [2.05, 4.69) is 10.1 Å². The first-order chi connectivity index (χ1) is 11.3. The second-order valence-electron chi connectivity index (χ2n) is 6.15. The summed E-state index contributed by atoms with van der Waals surface area (Å²) in [5.41, 5.74) is 1.85. The zero-order valence-electron chi connectivity index (χ0n) is 14.0. The molecule has 0 spiro atoms. The predicted molar refractivity (Wildman–Crippen MR) is 86.3 cm³/mol. The van der Waals surface area contributed by atoms with Crippen LogP contribution in [0.3, 0.4) is 0 Å². The fraction of sp³-hybridized carbons (Fsp3) is 0.471. The lowest BCUT2D eigenvalue weighted by atomic mass is 9.92. The number of nitrogens with one attached hydrogen (secondary N) is 1. The normalized spacial score (nSPS) is 17.8. The molecular weight excluding hydrogens is 312 g/mol. The number of nitrogens with zero attached hydrogens (tertiary/aromatic N) is 1. The number of rotatable bonds is 4. The molecule has 2 rings (SSSR count). The number of carboxylic acid groups (broad SMARTS) is 1. The number of hydrogen-bond acceptors (Lipinski definition) is 4. The van der Waals surface area contributed by atoms with Crippen molar-refractivity contribution in [3.05, 3.63) is 35.4 Å². The van der Waals surface area contributed by atoms with Crippen molar-refractivity contribution in [1.29, 1.82) is 0 Å². The molecule has 130 valence electrons. The van der Waals surface area contributed by atoms with Crippen LogP contribution in [0.15, 0.2) is 24.3 Å². The number of hydrogen-bond donors (Lipinski definition) is 2. The zero-order chi connectivity index (χ0) is 17.9. The van der Waals surface area contributed by atoms with Crippen molar-refractivity contribution in [1.82, 2.24) is 10.2 Å². The summed E-state index contributed by atoms with van der Waals surface area (Å²) in [5, 5.41) is 12.0. The van der Waals surface area contributed by atoms with Gasteiger partial charge in [0.15, 0.2) is 0 Å². The number of methoxy groups -OCH3 is 1. The van der Waals surface area contributed by atoms with Crippen molar-refractivity contribution >= 4 is 18.0 Å². The fourth-order valence-electron chi connectivity index (χ4n) is 2.85. The second kappa shape index (κ2) is 7.33. The van der Waals surface area contributed by atoms with E-state index in [1.54, 1.807) is 13.8 Å². The van der Waals surface area contributed by atoms with Crippen LogP contribution in [0.25, 0.3) is 0 Å². The standard InChI is InChI=1S/C17H22N2O5/c1-10(2)14(18-17(23)24-3)15(20)19-9-12-7-5-4-6-11(12)8-13(19)16(21)22/h4-7,10,13-14H,8-9H2,1-3H3,(H,18,23)(H,21,22)/t13?,14-/m0/s1. The zero-order valence-corrected chi connectivity index (χ0v) is 14.0. The van der Waals surface area contributed by atoms with Crippen molar-refractivity contribution < 1.29 is 24.2 Å². The molecule has 0 radical (unpaired) electrons. The molecule has 7 heteroatoms. The number of carbonyl (C=O) groups excluding carboxylic acids is 2. The van der Waals surface area contributed by atoms with Crippen LogP contribution in [-0.2, 0) is 27.3 Å². The van der Waals surface area contributed by atoms with Gasteiger partial charge < -0.3 is 20.1 Å². The van der Waals surface area contributed by atoms with Crippen LogP contribution in [0.2, 0.25) is 0 Å². The second-order valence-corrected chi connectivity index (χ2v) is 6.15. The van der Waals surface area contributed by atoms with Gasteiger partial charge >= 0.3 is 12.1 Å². The highest BCUT2D eigenvalue weighted by Gasteiger charge is 2.38. The quantitative estimate of drug-likeness (QED) is 0.868. The van der Waals surface area contributed by atoms with Gasteiger partial charge in [0, 0.05) is 13.0 Å². The lowest BCUT2D eigenvalue weighted by Crippen LogP contribution is -2.57. The van der Waals surface area contributed by atoms with Gasteiger partial charge in [-0.25, -0.2) is 9.59 Å². The van der Waals surface area contributed by atoms with Crippen LogP contribution < -0.4 is 5.32 Å². The smallest absolute Gasteiger partial charge is 0.407 e. The van der Waals surface area contributed by atoms with Crippen LogP contribution in [0.4, 0.5) is 4.79 Å². The summed E-state index contributed by atoms with van der Waals surface area (Å²) in [5.74, 6) is -1.68. The van der Waals surface area contributed by atoms with Crippen LogP contribution in [0.5, 0.6) is 0 Å². The van der Waals surface area contributed by atoms with E-state index in [4.69, 9.17) is 0 Å². The summed E-state index contributed by atoms with van der Waals surface area (Å²) in [6, 6.07) is 5.67. The predicted octanol–water partition coefficient (Wildman–Crippen LogP) is 1.41. The van der Waals surface area contributed by atoms with Crippen LogP contribution in [0, 0.1) is 5.92 Å². The van der Waals surface area contributed by atoms with Crippen LogP contribution >= 0.6 is 0 Å². The summed E-state index contributed by atoms with van der Waals surface area (Å²) in [4.78, 5) is 37.4. The number of ether oxygens (including phenoxy) is 1. The summed E-state index contributed by atoms with van der Waals surface area (Å²) >= 11 is 0. The van der Waals surface area contributed by atoms with E-state index >= 15 is 0 Å². The highest BCUT2D eigenvalue weighted by Crippen LogP contribution is 2.25. The molecule has 0 saturated heterocycles. The van der Waals surface area contributed by atoms with Gasteiger partial charge in [-0.05, 0) is 17.0 Å². The van der Waals surface area contributed by atoms with Crippen molar-refractivity contribution in [3.63, 3.8) is 0 Å². The monoisotopic (exact) mass is 334 g/mol. The largest absolute Gasteiger partial charge is 0.480 e. The number of alkyl carbamates (subject to hydrolysis) is 1. The number of carbonyl (C=O) groups is 3. The Morgan fingerprint density at radius 1 is 1.25 bits per heavy atom. The van der Waals surface area contributed by atoms with E-state index in [0.717, 1.165) is 11.1 Å². The van der Waals surface area contributed by atoms with Gasteiger partial charge in [-0.3, -0.25) is 4.79 Å². The molecule has 7 nitrogen and oxygen atoms in total. The highest BCUT2D eigenvalue weighted by atomic mass is 16.5. The molecule has 24 heavy (non-hydrogen) atoms. The fourth-order valence-corrected chi connectivity index (χ4v) is 2.85. The maximum atomic E-state index is 12.9. The van der Waals surface area contributed by atoms with Gasteiger partial charge in [-0.1, -0.05) is 38.1 Å². The number of carboxylic acids is 1. The van der Waals surface area contributed by atoms with Crippen molar-refractivity contribution in [2.75, 3.05) is 7.11 Å². The third-order valence-corrected chi connectivity index (χ3v) is 4.21. The van der Waals surface area contributed by atoms with Crippen LogP contribution in [-0.4, -0.2) is 47.2 Å². The molecule has 0 aliphatic carbocycles. The first-order valence-electron chi connectivity index (χ1n) is 7.79. The number of fused-ring (bicyclic) bond motifs is 1. The first-order valence-corrected chi connectivity index (χ1v) is 7.79. The summed E-state index contributed by atoms with van der Waals surface area (Å²) in [7, 11) is 1.22. The van der Waals surface area contributed by atoms with E-state index < -0.39 is 30.1 Å². The van der Waals surface area contributed by atoms with Gasteiger partial charge in [0.25, 0.3) is 0 Å². The molecular formula is C17H22N2O5. The minimum Gasteiger partial charge on any atom is -0.480 e. The van der Waals surface area contributed by atoms with E-state index in [9.17, 15) is 19.5 Å². The number of amides is 2. The van der Waals surface area contributed by atoms with Crippen molar-refractivity contribution in [2.24, 2.45) is 5.92 Å². The average molecular weight is 334 g/mol. The van der Waals surface area contributed by atoms with Crippen molar-refractivity contribution in [3.8, 4) is 0 Å². The Labute approximate surface area is 140 Å². The van der Waals surface area contributed by atoms with E-state index in [1.807, 2.05) is 24.3 Å². The van der Waals surface area contributed by atoms with Crippen LogP contribution in [0.1, 0.15) is 25.0 Å². The van der Waals surface area contributed by atoms with Crippen molar-refractivity contribution in [2.45, 2.75) is 38.9 Å².